The van der Waals surface area contributed by atoms with Gasteiger partial charge in [-0.05, 0) is 48.5 Å². The third kappa shape index (κ3) is 5.11. The molecule has 0 radical (unpaired) electrons. The molecule has 2 aromatic carbocycles. The normalized spacial score (nSPS) is 14.7. The average molecular weight is 516 g/mol. The molecule has 9 heteroatoms. The van der Waals surface area contributed by atoms with Crippen molar-refractivity contribution in [1.29, 1.82) is 0 Å². The summed E-state index contributed by atoms with van der Waals surface area (Å²) in [5.74, 6) is -1.29. The van der Waals surface area contributed by atoms with E-state index in [1.165, 1.54) is 30.3 Å². The number of rotatable bonds is 7. The van der Waals surface area contributed by atoms with Gasteiger partial charge in [0.05, 0.1) is 5.56 Å². The van der Waals surface area contributed by atoms with Crippen LogP contribution in [-0.2, 0) is 0 Å². The minimum absolute atomic E-state index is 0.0254. The van der Waals surface area contributed by atoms with Crippen LogP contribution in [0.5, 0.6) is 5.75 Å². The molecular weight excluding hydrogens is 486 g/mol. The Hall–Kier alpha value is -4.21. The number of carbonyl (C=O) groups is 2. The van der Waals surface area contributed by atoms with Gasteiger partial charge in [-0.15, -0.1) is 0 Å². The van der Waals surface area contributed by atoms with Crippen molar-refractivity contribution in [3.8, 4) is 28.2 Å². The second kappa shape index (κ2) is 10.6. The van der Waals surface area contributed by atoms with Gasteiger partial charge in [-0.3, -0.25) is 14.5 Å². The molecule has 1 aliphatic carbocycles. The lowest BCUT2D eigenvalue weighted by Gasteiger charge is -2.33. The van der Waals surface area contributed by atoms with Crippen LogP contribution in [0.3, 0.4) is 0 Å². The van der Waals surface area contributed by atoms with Crippen LogP contribution in [0.2, 0.25) is 0 Å². The minimum Gasteiger partial charge on any atom is -0.508 e. The zero-order valence-corrected chi connectivity index (χ0v) is 21.1. The smallest absolute Gasteiger partial charge is 0.336 e. The number of aromatic carboxylic acids is 1. The molecular formula is C29H29N3O6. The van der Waals surface area contributed by atoms with E-state index >= 15 is 0 Å². The van der Waals surface area contributed by atoms with E-state index in [0.29, 0.717) is 34.2 Å². The summed E-state index contributed by atoms with van der Waals surface area (Å²) in [5.41, 5.74) is 1.69. The van der Waals surface area contributed by atoms with Gasteiger partial charge in [-0.1, -0.05) is 13.0 Å². The van der Waals surface area contributed by atoms with E-state index in [4.69, 9.17) is 4.42 Å². The Bertz CT molecular complexity index is 1540. The number of benzene rings is 3. The van der Waals surface area contributed by atoms with Gasteiger partial charge >= 0.3 is 5.97 Å². The number of carboxylic acids is 1. The number of phenolic OH excluding ortho intramolecular Hbond substituents is 1. The SMILES string of the molecule is CCN1CCN(CCNC(=O)c2ccc(-c3c4ccc(=O)cc-4oc4cc(O)ccc34)c(C(=O)O)c2)CC1. The first-order valence-corrected chi connectivity index (χ1v) is 12.6. The summed E-state index contributed by atoms with van der Waals surface area (Å²) in [6.07, 6.45) is 0. The second-order valence-corrected chi connectivity index (χ2v) is 9.41. The number of aromatic hydroxyl groups is 1. The number of fused-ring (bicyclic) bond motifs is 2. The molecule has 38 heavy (non-hydrogen) atoms. The number of hydrogen-bond acceptors (Lipinski definition) is 7. The fourth-order valence-corrected chi connectivity index (χ4v) is 4.99. The minimum atomic E-state index is -1.19. The largest absolute Gasteiger partial charge is 0.508 e. The molecule has 196 valence electrons. The van der Waals surface area contributed by atoms with E-state index in [1.807, 2.05) is 0 Å². The summed E-state index contributed by atoms with van der Waals surface area (Å²) >= 11 is 0. The number of nitrogens with one attached hydrogen (secondary N) is 1. The lowest BCUT2D eigenvalue weighted by Crippen LogP contribution is -2.48. The molecule has 1 fully saturated rings. The van der Waals surface area contributed by atoms with Gasteiger partial charge in [-0.25, -0.2) is 4.79 Å². The summed E-state index contributed by atoms with van der Waals surface area (Å²) in [5, 5.41) is 23.5. The molecule has 0 bridgehead atoms. The highest BCUT2D eigenvalue weighted by atomic mass is 16.4. The Labute approximate surface area is 219 Å². The van der Waals surface area contributed by atoms with Crippen LogP contribution in [0, 0.1) is 0 Å². The maximum absolute atomic E-state index is 12.9. The van der Waals surface area contributed by atoms with Crippen molar-refractivity contribution >= 4 is 22.8 Å². The molecule has 0 aromatic heterocycles. The molecule has 0 spiro atoms. The first kappa shape index (κ1) is 25.4. The molecule has 3 N–H and O–H groups in total. The quantitative estimate of drug-likeness (QED) is 0.320. The summed E-state index contributed by atoms with van der Waals surface area (Å²) in [6.45, 7) is 8.32. The lowest BCUT2D eigenvalue weighted by molar-refractivity contribution is 0.0697. The van der Waals surface area contributed by atoms with Crippen LogP contribution >= 0.6 is 0 Å². The average Bonchev–Trinajstić information content (AvgIpc) is 2.91. The molecule has 3 aliphatic rings. The summed E-state index contributed by atoms with van der Waals surface area (Å²) < 4.78 is 5.86. The Morgan fingerprint density at radius 2 is 1.68 bits per heavy atom. The number of hydrogen-bond donors (Lipinski definition) is 3. The standard InChI is InChI=1S/C29H29N3O6/c1-2-31-11-13-32(14-12-31)10-9-30-28(35)18-3-6-21(24(15-18)29(36)37)27-22-7-4-19(33)16-25(22)38-26-17-20(34)5-8-23(26)27/h3-8,15-17,33H,2,9-14H2,1H3,(H,30,35)(H,36,37). The zero-order valence-electron chi connectivity index (χ0n) is 21.1. The Kier molecular flexibility index (Phi) is 7.13. The number of phenols is 1. The lowest BCUT2D eigenvalue weighted by atomic mass is 9.90. The molecule has 5 rings (SSSR count). The predicted molar refractivity (Wildman–Crippen MR) is 144 cm³/mol. The predicted octanol–water partition coefficient (Wildman–Crippen LogP) is 3.34. The molecule has 9 nitrogen and oxygen atoms in total. The summed E-state index contributed by atoms with van der Waals surface area (Å²) in [4.78, 5) is 42.0. The Morgan fingerprint density at radius 1 is 0.947 bits per heavy atom. The number of carbonyl (C=O) groups excluding carboxylic acids is 1. The number of piperazine rings is 1. The maximum Gasteiger partial charge on any atom is 0.336 e. The summed E-state index contributed by atoms with van der Waals surface area (Å²) in [6, 6.07) is 13.4. The van der Waals surface area contributed by atoms with Crippen molar-refractivity contribution in [2.75, 3.05) is 45.8 Å². The van der Waals surface area contributed by atoms with Gasteiger partial charge in [0, 0.05) is 73.5 Å². The third-order valence-corrected chi connectivity index (χ3v) is 7.08. The van der Waals surface area contributed by atoms with Crippen LogP contribution in [0.15, 0.2) is 63.8 Å². The van der Waals surface area contributed by atoms with Crippen molar-refractivity contribution in [2.45, 2.75) is 6.92 Å². The highest BCUT2D eigenvalue weighted by molar-refractivity contribution is 6.09. The fraction of sp³-hybridized carbons (Fsp3) is 0.276. The Morgan fingerprint density at radius 3 is 2.42 bits per heavy atom. The maximum atomic E-state index is 12.9. The van der Waals surface area contributed by atoms with Crippen molar-refractivity contribution in [3.63, 3.8) is 0 Å². The van der Waals surface area contributed by atoms with Crippen LogP contribution < -0.4 is 10.7 Å². The molecule has 2 aromatic rings. The monoisotopic (exact) mass is 515 g/mol. The molecule has 0 saturated carbocycles. The second-order valence-electron chi connectivity index (χ2n) is 9.41. The van der Waals surface area contributed by atoms with Gasteiger partial charge in [0.1, 0.15) is 17.1 Å². The zero-order chi connectivity index (χ0) is 26.8. The number of carboxylic acid groups (broad SMARTS) is 1. The topological polar surface area (TPSA) is 123 Å². The fourth-order valence-electron chi connectivity index (χ4n) is 4.99. The molecule has 1 amide bonds. The van der Waals surface area contributed by atoms with Gasteiger partial charge < -0.3 is 24.8 Å². The van der Waals surface area contributed by atoms with E-state index in [1.54, 1.807) is 24.3 Å². The van der Waals surface area contributed by atoms with Crippen LogP contribution in [0.25, 0.3) is 33.4 Å². The van der Waals surface area contributed by atoms with Crippen LogP contribution in [-0.4, -0.2) is 77.7 Å². The highest BCUT2D eigenvalue weighted by Gasteiger charge is 2.23. The number of nitrogens with zero attached hydrogens (tertiary/aromatic N) is 2. The highest BCUT2D eigenvalue weighted by Crippen LogP contribution is 2.42. The van der Waals surface area contributed by atoms with E-state index < -0.39 is 5.97 Å². The van der Waals surface area contributed by atoms with Crippen LogP contribution in [0.1, 0.15) is 27.6 Å². The van der Waals surface area contributed by atoms with E-state index in [-0.39, 0.29) is 34.0 Å². The van der Waals surface area contributed by atoms with Crippen LogP contribution in [0.4, 0.5) is 0 Å². The van der Waals surface area contributed by atoms with Gasteiger partial charge in [0.2, 0.25) is 0 Å². The Balaban J connectivity index is 1.46. The van der Waals surface area contributed by atoms with Gasteiger partial charge in [0.15, 0.2) is 5.43 Å². The van der Waals surface area contributed by atoms with Crippen molar-refractivity contribution in [2.24, 2.45) is 0 Å². The van der Waals surface area contributed by atoms with Gasteiger partial charge in [-0.2, -0.15) is 0 Å². The molecule has 0 unspecified atom stereocenters. The van der Waals surface area contributed by atoms with Crippen molar-refractivity contribution < 1.29 is 24.2 Å². The van der Waals surface area contributed by atoms with Crippen molar-refractivity contribution in [1.82, 2.24) is 15.1 Å². The molecule has 0 atom stereocenters. The van der Waals surface area contributed by atoms with Gasteiger partial charge in [0.25, 0.3) is 5.91 Å². The molecule has 2 aliphatic heterocycles. The first-order chi connectivity index (χ1) is 18.3. The van der Waals surface area contributed by atoms with E-state index in [0.717, 1.165) is 39.3 Å². The molecule has 2 heterocycles. The van der Waals surface area contributed by atoms with E-state index in [2.05, 4.69) is 22.0 Å². The van der Waals surface area contributed by atoms with Crippen molar-refractivity contribution in [3.05, 3.63) is 75.9 Å². The third-order valence-electron chi connectivity index (χ3n) is 7.08. The van der Waals surface area contributed by atoms with E-state index in [9.17, 15) is 24.6 Å². The molecule has 1 saturated heterocycles. The number of likely N-dealkylation sites (N-methyl/N-ethyl adjacent to an activating group) is 1. The number of amides is 1. The first-order valence-electron chi connectivity index (χ1n) is 12.6. The summed E-state index contributed by atoms with van der Waals surface area (Å²) in [7, 11) is 0.